The van der Waals surface area contributed by atoms with E-state index in [2.05, 4.69) is 31.1 Å². The second-order valence-corrected chi connectivity index (χ2v) is 5.93. The summed E-state index contributed by atoms with van der Waals surface area (Å²) in [6.45, 7) is 1.71. The second kappa shape index (κ2) is 6.26. The van der Waals surface area contributed by atoms with Crippen LogP contribution in [0.25, 0.3) is 0 Å². The first-order valence-electron chi connectivity index (χ1n) is 6.95. The summed E-state index contributed by atoms with van der Waals surface area (Å²) >= 11 is 3.41. The number of nitrogens with zero attached hydrogens (tertiary/aromatic N) is 2. The van der Waals surface area contributed by atoms with Crippen LogP contribution in [0.3, 0.4) is 0 Å². The molecule has 1 atom stereocenters. The van der Waals surface area contributed by atoms with Gasteiger partial charge >= 0.3 is 0 Å². The van der Waals surface area contributed by atoms with Gasteiger partial charge in [-0.2, -0.15) is 0 Å². The molecule has 1 N–H and O–H groups in total. The fraction of sp³-hybridized carbons (Fsp3) is 0.250. The monoisotopic (exact) mass is 345 g/mol. The molecule has 1 fully saturated rings. The average molecular weight is 346 g/mol. The number of rotatable bonds is 3. The number of carbonyl (C=O) groups is 1. The minimum Gasteiger partial charge on any atom is -0.354 e. The third-order valence-electron chi connectivity index (χ3n) is 3.62. The number of benzene rings is 1. The molecule has 1 amide bonds. The molecule has 2 aromatic rings. The van der Waals surface area contributed by atoms with E-state index in [9.17, 15) is 4.79 Å². The van der Waals surface area contributed by atoms with Crippen LogP contribution in [0.5, 0.6) is 0 Å². The molecule has 3 rings (SSSR count). The molecule has 1 aromatic heterocycles. The van der Waals surface area contributed by atoms with Gasteiger partial charge in [-0.1, -0.05) is 18.2 Å². The van der Waals surface area contributed by atoms with Crippen molar-refractivity contribution in [1.82, 2.24) is 10.3 Å². The summed E-state index contributed by atoms with van der Waals surface area (Å²) in [5, 5.41) is 3.10. The van der Waals surface area contributed by atoms with E-state index in [4.69, 9.17) is 0 Å². The molecule has 0 spiro atoms. The first-order chi connectivity index (χ1) is 10.2. The Balaban J connectivity index is 1.63. The fourth-order valence-electron chi connectivity index (χ4n) is 2.54. The summed E-state index contributed by atoms with van der Waals surface area (Å²) in [5.74, 6) is 0.936. The van der Waals surface area contributed by atoms with Gasteiger partial charge in [0, 0.05) is 29.8 Å². The summed E-state index contributed by atoms with van der Waals surface area (Å²) in [6, 6.07) is 13.5. The maximum atomic E-state index is 12.3. The third kappa shape index (κ3) is 3.24. The number of anilines is 1. The number of aromatic nitrogens is 1. The Hall–Kier alpha value is -1.88. The van der Waals surface area contributed by atoms with Gasteiger partial charge in [0.2, 0.25) is 0 Å². The van der Waals surface area contributed by atoms with E-state index < -0.39 is 0 Å². The van der Waals surface area contributed by atoms with Crippen molar-refractivity contribution in [2.45, 2.75) is 12.5 Å². The van der Waals surface area contributed by atoms with Crippen molar-refractivity contribution in [3.63, 3.8) is 0 Å². The van der Waals surface area contributed by atoms with E-state index in [1.54, 1.807) is 6.20 Å². The summed E-state index contributed by atoms with van der Waals surface area (Å²) in [7, 11) is 0. The summed E-state index contributed by atoms with van der Waals surface area (Å²) in [5.41, 5.74) is 0.675. The van der Waals surface area contributed by atoms with Gasteiger partial charge in [0.25, 0.3) is 5.91 Å². The van der Waals surface area contributed by atoms with Gasteiger partial charge in [-0.15, -0.1) is 0 Å². The Labute approximate surface area is 132 Å². The number of pyridine rings is 1. The van der Waals surface area contributed by atoms with Gasteiger partial charge < -0.3 is 10.2 Å². The van der Waals surface area contributed by atoms with Gasteiger partial charge in [-0.05, 0) is 46.6 Å². The topological polar surface area (TPSA) is 45.2 Å². The van der Waals surface area contributed by atoms with Crippen molar-refractivity contribution in [3.8, 4) is 0 Å². The van der Waals surface area contributed by atoms with Crippen molar-refractivity contribution in [2.75, 3.05) is 18.0 Å². The normalized spacial score (nSPS) is 17.8. The molecular formula is C16H16BrN3O. The quantitative estimate of drug-likeness (QED) is 0.930. The highest BCUT2D eigenvalue weighted by Crippen LogP contribution is 2.19. The molecule has 0 bridgehead atoms. The van der Waals surface area contributed by atoms with Crippen LogP contribution in [0.2, 0.25) is 0 Å². The molecule has 5 heteroatoms. The molecular weight excluding hydrogens is 330 g/mol. The lowest BCUT2D eigenvalue weighted by Crippen LogP contribution is -2.37. The molecule has 0 radical (unpaired) electrons. The van der Waals surface area contributed by atoms with Crippen molar-refractivity contribution < 1.29 is 4.79 Å². The molecule has 1 aromatic carbocycles. The first-order valence-corrected chi connectivity index (χ1v) is 7.75. The molecule has 1 unspecified atom stereocenters. The zero-order chi connectivity index (χ0) is 14.7. The minimum atomic E-state index is -0.0321. The predicted octanol–water partition coefficient (Wildman–Crippen LogP) is 2.85. The summed E-state index contributed by atoms with van der Waals surface area (Å²) in [6.07, 6.45) is 2.73. The third-order valence-corrected chi connectivity index (χ3v) is 4.31. The number of halogens is 1. The maximum absolute atomic E-state index is 12.3. The van der Waals surface area contributed by atoms with Gasteiger partial charge in [0.05, 0.1) is 5.56 Å². The highest BCUT2D eigenvalue weighted by Gasteiger charge is 2.25. The average Bonchev–Trinajstić information content (AvgIpc) is 2.97. The van der Waals surface area contributed by atoms with Crippen molar-refractivity contribution in [3.05, 3.63) is 58.7 Å². The van der Waals surface area contributed by atoms with E-state index in [1.807, 2.05) is 42.5 Å². The maximum Gasteiger partial charge on any atom is 0.252 e. The van der Waals surface area contributed by atoms with E-state index in [0.717, 1.165) is 29.8 Å². The van der Waals surface area contributed by atoms with Crippen LogP contribution in [-0.4, -0.2) is 30.0 Å². The summed E-state index contributed by atoms with van der Waals surface area (Å²) in [4.78, 5) is 18.8. The standard InChI is InChI=1S/C16H16BrN3O/c17-14-6-2-1-5-13(14)16(21)19-12-8-10-20(11-12)15-7-3-4-9-18-15/h1-7,9,12H,8,10-11H2,(H,19,21). The molecule has 0 saturated carbocycles. The highest BCUT2D eigenvalue weighted by molar-refractivity contribution is 9.10. The first kappa shape index (κ1) is 14.1. The smallest absolute Gasteiger partial charge is 0.252 e. The van der Waals surface area contributed by atoms with Crippen molar-refractivity contribution in [1.29, 1.82) is 0 Å². The molecule has 0 aliphatic carbocycles. The molecule has 1 saturated heterocycles. The highest BCUT2D eigenvalue weighted by atomic mass is 79.9. The van der Waals surface area contributed by atoms with E-state index in [-0.39, 0.29) is 11.9 Å². The van der Waals surface area contributed by atoms with Crippen molar-refractivity contribution >= 4 is 27.7 Å². The van der Waals surface area contributed by atoms with Crippen LogP contribution in [0.1, 0.15) is 16.8 Å². The van der Waals surface area contributed by atoms with Crippen LogP contribution in [-0.2, 0) is 0 Å². The van der Waals surface area contributed by atoms with E-state index >= 15 is 0 Å². The zero-order valence-electron chi connectivity index (χ0n) is 11.5. The van der Waals surface area contributed by atoms with Crippen LogP contribution in [0, 0.1) is 0 Å². The number of carbonyl (C=O) groups excluding carboxylic acids is 1. The fourth-order valence-corrected chi connectivity index (χ4v) is 3.00. The van der Waals surface area contributed by atoms with Gasteiger partial charge in [0.1, 0.15) is 5.82 Å². The van der Waals surface area contributed by atoms with Crippen molar-refractivity contribution in [2.24, 2.45) is 0 Å². The summed E-state index contributed by atoms with van der Waals surface area (Å²) < 4.78 is 0.821. The van der Waals surface area contributed by atoms with Gasteiger partial charge in [0.15, 0.2) is 0 Å². The number of hydrogen-bond donors (Lipinski definition) is 1. The minimum absolute atomic E-state index is 0.0321. The number of amides is 1. The Morgan fingerprint density at radius 2 is 2.05 bits per heavy atom. The SMILES string of the molecule is O=C(NC1CCN(c2ccccn2)C1)c1ccccc1Br. The zero-order valence-corrected chi connectivity index (χ0v) is 13.1. The van der Waals surface area contributed by atoms with Crippen LogP contribution in [0.4, 0.5) is 5.82 Å². The second-order valence-electron chi connectivity index (χ2n) is 5.07. The number of hydrogen-bond acceptors (Lipinski definition) is 3. The Kier molecular flexibility index (Phi) is 4.20. The Morgan fingerprint density at radius 3 is 2.81 bits per heavy atom. The van der Waals surface area contributed by atoms with Crippen LogP contribution >= 0.6 is 15.9 Å². The lowest BCUT2D eigenvalue weighted by Gasteiger charge is -2.18. The molecule has 21 heavy (non-hydrogen) atoms. The molecule has 2 heterocycles. The largest absolute Gasteiger partial charge is 0.354 e. The number of nitrogens with one attached hydrogen (secondary N) is 1. The van der Waals surface area contributed by atoms with Crippen LogP contribution in [0.15, 0.2) is 53.1 Å². The molecule has 108 valence electrons. The molecule has 1 aliphatic rings. The van der Waals surface area contributed by atoms with E-state index in [0.29, 0.717) is 5.56 Å². The van der Waals surface area contributed by atoms with Gasteiger partial charge in [-0.3, -0.25) is 4.79 Å². The lowest BCUT2D eigenvalue weighted by molar-refractivity contribution is 0.0939. The predicted molar refractivity (Wildman–Crippen MR) is 86.5 cm³/mol. The molecule has 1 aliphatic heterocycles. The Bertz CT molecular complexity index is 632. The Morgan fingerprint density at radius 1 is 1.24 bits per heavy atom. The lowest BCUT2D eigenvalue weighted by atomic mass is 10.2. The molecule has 4 nitrogen and oxygen atoms in total. The van der Waals surface area contributed by atoms with E-state index in [1.165, 1.54) is 0 Å². The van der Waals surface area contributed by atoms with Crippen LogP contribution < -0.4 is 10.2 Å². The van der Waals surface area contributed by atoms with Gasteiger partial charge in [-0.25, -0.2) is 4.98 Å².